The van der Waals surface area contributed by atoms with Gasteiger partial charge in [-0.3, -0.25) is 14.7 Å². The molecule has 37 heavy (non-hydrogen) atoms. The Kier molecular flexibility index (Phi) is 13.2. The van der Waals surface area contributed by atoms with Crippen molar-refractivity contribution >= 4 is 18.2 Å². The molecule has 3 aliphatic rings. The summed E-state index contributed by atoms with van der Waals surface area (Å²) in [5.74, 6) is 2.17. The van der Waals surface area contributed by atoms with E-state index < -0.39 is 0 Å². The van der Waals surface area contributed by atoms with Gasteiger partial charge in [0.15, 0.2) is 5.96 Å². The first-order valence-electron chi connectivity index (χ1n) is 13.1. The summed E-state index contributed by atoms with van der Waals surface area (Å²) in [6.07, 6.45) is 15.0. The van der Waals surface area contributed by atoms with Crippen molar-refractivity contribution in [2.24, 2.45) is 27.4 Å². The van der Waals surface area contributed by atoms with Crippen LogP contribution >= 0.6 is 0 Å². The minimum atomic E-state index is -0.235. The zero-order valence-corrected chi connectivity index (χ0v) is 23.6. The highest BCUT2D eigenvalue weighted by atomic mass is 16.5. The number of guanidine groups is 1. The van der Waals surface area contributed by atoms with E-state index in [0.717, 1.165) is 43.7 Å². The summed E-state index contributed by atoms with van der Waals surface area (Å²) in [5, 5.41) is 0. The Balaban J connectivity index is 0.000000306. The fraction of sp³-hybridized carbons (Fsp3) is 0.621. The number of nitrogens with zero attached hydrogens (tertiary/aromatic N) is 3. The number of hydrogen-bond acceptors (Lipinski definition) is 6. The summed E-state index contributed by atoms with van der Waals surface area (Å²) in [6, 6.07) is 8.12. The molecule has 0 bridgehead atoms. The van der Waals surface area contributed by atoms with E-state index in [9.17, 15) is 4.79 Å². The Hall–Kier alpha value is -3.05. The van der Waals surface area contributed by atoms with Crippen molar-refractivity contribution in [2.75, 3.05) is 20.3 Å². The molecule has 1 aromatic rings. The number of amides is 1. The first-order valence-corrected chi connectivity index (χ1v) is 13.1. The molecule has 0 radical (unpaired) electrons. The molecule has 8 nitrogen and oxygen atoms in total. The molecule has 1 aliphatic carbocycles. The molecule has 0 spiro atoms. The number of carbonyl (C=O) groups is 1. The van der Waals surface area contributed by atoms with Gasteiger partial charge in [0.05, 0.1) is 24.3 Å². The minimum absolute atomic E-state index is 0.120. The second-order valence-electron chi connectivity index (χ2n) is 10.0. The number of carbonyl (C=O) groups excluding carboxylic acids is 1. The van der Waals surface area contributed by atoms with Gasteiger partial charge in [0.25, 0.3) is 0 Å². The molecule has 1 saturated carbocycles. The molecule has 4 rings (SSSR count). The molecule has 2 aliphatic heterocycles. The van der Waals surface area contributed by atoms with Crippen LogP contribution in [0.4, 0.5) is 0 Å². The Morgan fingerprint density at radius 1 is 1.22 bits per heavy atom. The molecule has 8 heteroatoms. The molecule has 1 atom stereocenters. The van der Waals surface area contributed by atoms with Gasteiger partial charge in [0.2, 0.25) is 5.91 Å². The maximum absolute atomic E-state index is 12.1. The third-order valence-electron chi connectivity index (χ3n) is 6.77. The van der Waals surface area contributed by atoms with Crippen LogP contribution in [-0.4, -0.2) is 54.5 Å². The standard InChI is InChI=1S/C12H21N3O.C12H16N2O.C3H8O.C2H2/c1-3-12(4-2)7-10(16)15(11(13)14-12)8-9-5-6-9;1-12(2)7-10(14-8-13)9-5-3-4-6-11(9)15-12;1-3-4-2;1-2/h9H,3-8H2,1-2H3,(H2,13,14);3-6,8,10H,7H2,1-2H3,(H2,13,14);3H2,1-2H3;1-2H/t;10-;;/m.0../s1. The lowest BCUT2D eigenvalue weighted by Crippen LogP contribution is -2.51. The SMILES string of the molecule is C#C.CC1(C)C[C@H](N=CN)c2ccccc2O1.CCC1(CC)CC(=O)N(CC2CC2)C(N)=N1.CCOC. The number of fused-ring (bicyclic) bond motifs is 1. The normalized spacial score (nSPS) is 21.0. The highest BCUT2D eigenvalue weighted by Crippen LogP contribution is 2.41. The molecule has 206 valence electrons. The fourth-order valence-electron chi connectivity index (χ4n) is 4.26. The van der Waals surface area contributed by atoms with Gasteiger partial charge >= 0.3 is 0 Å². The fourth-order valence-corrected chi connectivity index (χ4v) is 4.26. The van der Waals surface area contributed by atoms with Crippen LogP contribution in [0.25, 0.3) is 0 Å². The zero-order chi connectivity index (χ0) is 28.1. The molecule has 1 amide bonds. The monoisotopic (exact) mass is 513 g/mol. The van der Waals surface area contributed by atoms with E-state index >= 15 is 0 Å². The van der Waals surface area contributed by atoms with Crippen molar-refractivity contribution < 1.29 is 14.3 Å². The van der Waals surface area contributed by atoms with Gasteiger partial charge < -0.3 is 20.9 Å². The van der Waals surface area contributed by atoms with E-state index in [1.165, 1.54) is 19.2 Å². The van der Waals surface area contributed by atoms with Gasteiger partial charge in [-0.15, -0.1) is 12.8 Å². The Labute approximate surface area is 223 Å². The van der Waals surface area contributed by atoms with Crippen LogP contribution in [0.1, 0.15) is 84.7 Å². The number of methoxy groups -OCH3 is 1. The first kappa shape index (κ1) is 32.0. The summed E-state index contributed by atoms with van der Waals surface area (Å²) in [7, 11) is 1.68. The maximum Gasteiger partial charge on any atom is 0.231 e. The third kappa shape index (κ3) is 9.73. The number of hydrogen-bond donors (Lipinski definition) is 2. The topological polar surface area (TPSA) is 116 Å². The zero-order valence-electron chi connectivity index (χ0n) is 23.6. The van der Waals surface area contributed by atoms with Crippen LogP contribution in [0.15, 0.2) is 34.3 Å². The number of rotatable bonds is 6. The van der Waals surface area contributed by atoms with E-state index in [1.807, 2.05) is 31.2 Å². The Morgan fingerprint density at radius 3 is 2.30 bits per heavy atom. The van der Waals surface area contributed by atoms with Crippen LogP contribution in [0, 0.1) is 18.8 Å². The lowest BCUT2D eigenvalue weighted by molar-refractivity contribution is -0.129. The third-order valence-corrected chi connectivity index (χ3v) is 6.77. The summed E-state index contributed by atoms with van der Waals surface area (Å²) in [5.41, 5.74) is 12.0. The molecule has 2 heterocycles. The van der Waals surface area contributed by atoms with Crippen molar-refractivity contribution in [3.8, 4) is 18.6 Å². The van der Waals surface area contributed by atoms with Crippen molar-refractivity contribution in [3.63, 3.8) is 0 Å². The second kappa shape index (κ2) is 15.3. The summed E-state index contributed by atoms with van der Waals surface area (Å²) in [6.45, 7) is 11.8. The molecule has 1 fully saturated rings. The van der Waals surface area contributed by atoms with Crippen molar-refractivity contribution in [2.45, 2.75) is 90.3 Å². The largest absolute Gasteiger partial charge is 0.487 e. The second-order valence-corrected chi connectivity index (χ2v) is 10.0. The molecule has 4 N–H and O–H groups in total. The van der Waals surface area contributed by atoms with Crippen LogP contribution in [-0.2, 0) is 9.53 Å². The van der Waals surface area contributed by atoms with Crippen LogP contribution in [0.5, 0.6) is 5.75 Å². The van der Waals surface area contributed by atoms with E-state index in [0.29, 0.717) is 18.3 Å². The van der Waals surface area contributed by atoms with Crippen molar-refractivity contribution in [1.29, 1.82) is 0 Å². The van der Waals surface area contributed by atoms with Gasteiger partial charge in [-0.25, -0.2) is 4.99 Å². The predicted molar refractivity (Wildman–Crippen MR) is 153 cm³/mol. The number of nitrogens with two attached hydrogens (primary N) is 2. The van der Waals surface area contributed by atoms with Crippen molar-refractivity contribution in [3.05, 3.63) is 29.8 Å². The van der Waals surface area contributed by atoms with Crippen molar-refractivity contribution in [1.82, 2.24) is 4.90 Å². The average molecular weight is 514 g/mol. The molecular formula is C29H47N5O3. The van der Waals surface area contributed by atoms with Crippen LogP contribution in [0.3, 0.4) is 0 Å². The van der Waals surface area contributed by atoms with Crippen LogP contribution in [0.2, 0.25) is 0 Å². The number of terminal acetylenes is 1. The summed E-state index contributed by atoms with van der Waals surface area (Å²) >= 11 is 0. The average Bonchev–Trinajstić information content (AvgIpc) is 3.72. The smallest absolute Gasteiger partial charge is 0.231 e. The predicted octanol–water partition coefficient (Wildman–Crippen LogP) is 4.68. The number of para-hydroxylation sites is 1. The van der Waals surface area contributed by atoms with Crippen LogP contribution < -0.4 is 16.2 Å². The number of benzene rings is 1. The number of ether oxygens (including phenoxy) is 2. The van der Waals surface area contributed by atoms with Gasteiger partial charge in [-0.05, 0) is 58.4 Å². The Morgan fingerprint density at radius 2 is 1.81 bits per heavy atom. The van der Waals surface area contributed by atoms with E-state index in [1.54, 1.807) is 12.0 Å². The number of aliphatic imine (C=N–C) groups is 2. The van der Waals surface area contributed by atoms with Gasteiger partial charge in [-0.2, -0.15) is 0 Å². The van der Waals surface area contributed by atoms with E-state index in [2.05, 4.69) is 55.3 Å². The molecule has 0 unspecified atom stereocenters. The minimum Gasteiger partial charge on any atom is -0.487 e. The van der Waals surface area contributed by atoms with Gasteiger partial charge in [0, 0.05) is 32.2 Å². The Bertz CT molecular complexity index is 915. The molecular weight excluding hydrogens is 466 g/mol. The maximum atomic E-state index is 12.1. The lowest BCUT2D eigenvalue weighted by Gasteiger charge is -2.36. The highest BCUT2D eigenvalue weighted by Gasteiger charge is 2.39. The summed E-state index contributed by atoms with van der Waals surface area (Å²) < 4.78 is 10.4. The highest BCUT2D eigenvalue weighted by molar-refractivity contribution is 5.99. The first-order chi connectivity index (χ1) is 17.6. The molecule has 1 aromatic carbocycles. The van der Waals surface area contributed by atoms with Gasteiger partial charge in [-0.1, -0.05) is 32.0 Å². The summed E-state index contributed by atoms with van der Waals surface area (Å²) in [4.78, 5) is 22.6. The molecule has 0 saturated heterocycles. The lowest BCUT2D eigenvalue weighted by atomic mass is 9.88. The van der Waals surface area contributed by atoms with E-state index in [4.69, 9.17) is 16.2 Å². The van der Waals surface area contributed by atoms with Gasteiger partial charge in [0.1, 0.15) is 11.4 Å². The molecule has 0 aromatic heterocycles. The quantitative estimate of drug-likeness (QED) is 0.325. The van der Waals surface area contributed by atoms with E-state index in [-0.39, 0.29) is 23.1 Å².